The van der Waals surface area contributed by atoms with Crippen LogP contribution in [0.15, 0.2) is 11.6 Å². The van der Waals surface area contributed by atoms with E-state index in [1.165, 1.54) is 18.9 Å². The number of methoxy groups -OCH3 is 1. The van der Waals surface area contributed by atoms with Gasteiger partial charge in [-0.2, -0.15) is 0 Å². The summed E-state index contributed by atoms with van der Waals surface area (Å²) in [6.07, 6.45) is 2.40. The van der Waals surface area contributed by atoms with Gasteiger partial charge in [-0.1, -0.05) is 24.8 Å². The maximum atomic E-state index is 11.3. The zero-order valence-electron chi connectivity index (χ0n) is 8.99. The average molecular weight is 229 g/mol. The van der Waals surface area contributed by atoms with Crippen LogP contribution >= 0.6 is 11.8 Å². The Hall–Kier alpha value is -0.970. The third-order valence-electron chi connectivity index (χ3n) is 2.23. The van der Waals surface area contributed by atoms with E-state index in [4.69, 9.17) is 0 Å². The smallest absolute Gasteiger partial charge is 0.333 e. The van der Waals surface area contributed by atoms with E-state index in [-0.39, 0.29) is 11.2 Å². The summed E-state index contributed by atoms with van der Waals surface area (Å²) in [4.78, 5) is 24.2. The number of ether oxygens (including phenoxy) is 1. The third-order valence-corrected chi connectivity index (χ3v) is 3.12. The lowest BCUT2D eigenvalue weighted by atomic mass is 10.2. The van der Waals surface area contributed by atoms with Crippen molar-refractivity contribution < 1.29 is 14.3 Å². The van der Waals surface area contributed by atoms with Gasteiger partial charge in [0.25, 0.3) is 5.24 Å². The standard InChI is InChI=1S/C10H15NO3S/c1-3-8(9(12)14-2)4-5-11-6-7-15-10(11)13/h4H,3,5-7H2,1-2H3. The predicted molar refractivity (Wildman–Crippen MR) is 59.8 cm³/mol. The molecule has 0 aromatic carbocycles. The molecule has 0 radical (unpaired) electrons. The maximum absolute atomic E-state index is 11.3. The van der Waals surface area contributed by atoms with Gasteiger partial charge in [0, 0.05) is 24.4 Å². The lowest BCUT2D eigenvalue weighted by molar-refractivity contribution is -0.136. The topological polar surface area (TPSA) is 46.6 Å². The molecule has 0 spiro atoms. The fraction of sp³-hybridized carbons (Fsp3) is 0.600. The van der Waals surface area contributed by atoms with Gasteiger partial charge in [-0.05, 0) is 6.42 Å². The number of amides is 1. The fourth-order valence-corrected chi connectivity index (χ4v) is 2.15. The first-order valence-electron chi connectivity index (χ1n) is 4.88. The molecule has 5 heteroatoms. The number of esters is 1. The van der Waals surface area contributed by atoms with E-state index < -0.39 is 0 Å². The van der Waals surface area contributed by atoms with Crippen LogP contribution in [-0.2, 0) is 9.53 Å². The van der Waals surface area contributed by atoms with Crippen molar-refractivity contribution in [3.63, 3.8) is 0 Å². The lowest BCUT2D eigenvalue weighted by Crippen LogP contribution is -2.23. The Labute approximate surface area is 93.6 Å². The van der Waals surface area contributed by atoms with Crippen molar-refractivity contribution >= 4 is 23.0 Å². The van der Waals surface area contributed by atoms with Gasteiger partial charge in [0.15, 0.2) is 0 Å². The monoisotopic (exact) mass is 229 g/mol. The minimum Gasteiger partial charge on any atom is -0.466 e. The van der Waals surface area contributed by atoms with E-state index >= 15 is 0 Å². The number of carbonyl (C=O) groups is 2. The summed E-state index contributed by atoms with van der Waals surface area (Å²) in [6.45, 7) is 3.16. The van der Waals surface area contributed by atoms with Crippen LogP contribution in [0.3, 0.4) is 0 Å². The summed E-state index contributed by atoms with van der Waals surface area (Å²) in [5, 5.41) is 0.0894. The van der Waals surface area contributed by atoms with Crippen molar-refractivity contribution in [1.82, 2.24) is 4.90 Å². The molecule has 0 saturated carbocycles. The summed E-state index contributed by atoms with van der Waals surface area (Å²) in [5.41, 5.74) is 0.627. The van der Waals surface area contributed by atoms with Crippen molar-refractivity contribution in [3.05, 3.63) is 11.6 Å². The molecule has 0 bridgehead atoms. The summed E-state index contributed by atoms with van der Waals surface area (Å²) in [5.74, 6) is 0.531. The molecular weight excluding hydrogens is 214 g/mol. The summed E-state index contributed by atoms with van der Waals surface area (Å²) < 4.78 is 4.63. The predicted octanol–water partition coefficient (Wildman–Crippen LogP) is 1.66. The van der Waals surface area contributed by atoms with E-state index in [9.17, 15) is 9.59 Å². The Bertz CT molecular complexity index is 288. The van der Waals surface area contributed by atoms with Crippen molar-refractivity contribution in [2.75, 3.05) is 26.0 Å². The van der Waals surface area contributed by atoms with Crippen LogP contribution < -0.4 is 0 Å². The van der Waals surface area contributed by atoms with E-state index in [0.29, 0.717) is 18.5 Å². The molecule has 1 fully saturated rings. The zero-order valence-corrected chi connectivity index (χ0v) is 9.80. The van der Waals surface area contributed by atoms with Crippen LogP contribution in [0, 0.1) is 0 Å². The molecule has 15 heavy (non-hydrogen) atoms. The third kappa shape index (κ3) is 3.27. The Morgan fingerprint density at radius 1 is 1.67 bits per heavy atom. The first-order valence-corrected chi connectivity index (χ1v) is 5.86. The fourth-order valence-electron chi connectivity index (χ4n) is 1.32. The molecular formula is C10H15NO3S. The van der Waals surface area contributed by atoms with Gasteiger partial charge in [-0.15, -0.1) is 0 Å². The summed E-state index contributed by atoms with van der Waals surface area (Å²) in [7, 11) is 1.36. The average Bonchev–Trinajstić information content (AvgIpc) is 2.65. The summed E-state index contributed by atoms with van der Waals surface area (Å²) >= 11 is 1.32. The number of thioether (sulfide) groups is 1. The summed E-state index contributed by atoms with van der Waals surface area (Å²) in [6, 6.07) is 0. The van der Waals surface area contributed by atoms with Crippen LogP contribution in [-0.4, -0.2) is 42.1 Å². The van der Waals surface area contributed by atoms with Crippen molar-refractivity contribution in [2.24, 2.45) is 0 Å². The second-order valence-electron chi connectivity index (χ2n) is 3.13. The van der Waals surface area contributed by atoms with E-state index in [1.807, 2.05) is 6.92 Å². The second kappa shape index (κ2) is 5.80. The Balaban J connectivity index is 2.53. The zero-order chi connectivity index (χ0) is 11.3. The molecule has 0 aromatic rings. The van der Waals surface area contributed by atoms with Crippen LogP contribution in [0.25, 0.3) is 0 Å². The molecule has 1 heterocycles. The highest BCUT2D eigenvalue weighted by Gasteiger charge is 2.20. The Morgan fingerprint density at radius 3 is 2.87 bits per heavy atom. The van der Waals surface area contributed by atoms with Gasteiger partial charge < -0.3 is 9.64 Å². The molecule has 1 aliphatic rings. The molecule has 1 aliphatic heterocycles. The molecule has 1 saturated heterocycles. The van der Waals surface area contributed by atoms with Gasteiger partial charge in [-0.25, -0.2) is 4.79 Å². The molecule has 0 aliphatic carbocycles. The molecule has 84 valence electrons. The number of nitrogens with zero attached hydrogens (tertiary/aromatic N) is 1. The maximum Gasteiger partial charge on any atom is 0.333 e. The normalized spacial score (nSPS) is 17.1. The largest absolute Gasteiger partial charge is 0.466 e. The van der Waals surface area contributed by atoms with Crippen LogP contribution in [0.1, 0.15) is 13.3 Å². The van der Waals surface area contributed by atoms with E-state index in [2.05, 4.69) is 4.74 Å². The number of hydrogen-bond donors (Lipinski definition) is 0. The molecule has 1 amide bonds. The van der Waals surface area contributed by atoms with Gasteiger partial charge in [0.05, 0.1) is 7.11 Å². The van der Waals surface area contributed by atoms with Gasteiger partial charge in [-0.3, -0.25) is 4.79 Å². The minimum absolute atomic E-state index is 0.0894. The van der Waals surface area contributed by atoms with Crippen LogP contribution in [0.4, 0.5) is 4.79 Å². The quantitative estimate of drug-likeness (QED) is 0.543. The SMILES string of the molecule is CCC(=CCN1CCSC1=O)C(=O)OC. The lowest BCUT2D eigenvalue weighted by Gasteiger charge is -2.12. The van der Waals surface area contributed by atoms with Crippen molar-refractivity contribution in [3.8, 4) is 0 Å². The Kier molecular flexibility index (Phi) is 4.68. The number of rotatable bonds is 4. The van der Waals surface area contributed by atoms with E-state index in [1.54, 1.807) is 11.0 Å². The molecule has 0 aromatic heterocycles. The van der Waals surface area contributed by atoms with Crippen molar-refractivity contribution in [1.29, 1.82) is 0 Å². The van der Waals surface area contributed by atoms with Crippen LogP contribution in [0.2, 0.25) is 0 Å². The van der Waals surface area contributed by atoms with Crippen LogP contribution in [0.5, 0.6) is 0 Å². The Morgan fingerprint density at radius 2 is 2.40 bits per heavy atom. The highest BCUT2D eigenvalue weighted by atomic mass is 32.2. The minimum atomic E-state index is -0.309. The molecule has 1 rings (SSSR count). The number of hydrogen-bond acceptors (Lipinski definition) is 4. The molecule has 4 nitrogen and oxygen atoms in total. The van der Waals surface area contributed by atoms with Crippen molar-refractivity contribution in [2.45, 2.75) is 13.3 Å². The van der Waals surface area contributed by atoms with Gasteiger partial charge >= 0.3 is 5.97 Å². The highest BCUT2D eigenvalue weighted by molar-refractivity contribution is 8.13. The van der Waals surface area contributed by atoms with Gasteiger partial charge in [0.1, 0.15) is 0 Å². The first kappa shape index (κ1) is 12.1. The molecule has 0 N–H and O–H groups in total. The highest BCUT2D eigenvalue weighted by Crippen LogP contribution is 2.17. The molecule has 0 unspecified atom stereocenters. The first-order chi connectivity index (χ1) is 7.19. The van der Waals surface area contributed by atoms with E-state index in [0.717, 1.165) is 12.3 Å². The van der Waals surface area contributed by atoms with Gasteiger partial charge in [0.2, 0.25) is 0 Å². The number of carbonyl (C=O) groups excluding carboxylic acids is 2. The molecule has 0 atom stereocenters. The second-order valence-corrected chi connectivity index (χ2v) is 4.18.